The summed E-state index contributed by atoms with van der Waals surface area (Å²) < 4.78 is 1.93. The van der Waals surface area contributed by atoms with E-state index in [-0.39, 0.29) is 12.5 Å². The summed E-state index contributed by atoms with van der Waals surface area (Å²) >= 11 is 0. The van der Waals surface area contributed by atoms with Gasteiger partial charge in [0.05, 0.1) is 0 Å². The largest absolute Gasteiger partial charge is 0.396 e. The highest BCUT2D eigenvalue weighted by molar-refractivity contribution is 5.92. The topological polar surface area (TPSA) is 54.3 Å². The molecule has 0 saturated heterocycles. The molecule has 0 saturated carbocycles. The lowest BCUT2D eigenvalue weighted by atomic mass is 10.0. The lowest BCUT2D eigenvalue weighted by molar-refractivity contribution is 0.0933. The van der Waals surface area contributed by atoms with Gasteiger partial charge in [0.1, 0.15) is 5.69 Å². The van der Waals surface area contributed by atoms with Gasteiger partial charge in [0, 0.05) is 25.9 Å². The summed E-state index contributed by atoms with van der Waals surface area (Å²) in [4.78, 5) is 12.0. The highest BCUT2D eigenvalue weighted by Gasteiger charge is 2.12. The molecular formula is C14H24N2O2. The van der Waals surface area contributed by atoms with Gasteiger partial charge in [-0.2, -0.15) is 0 Å². The number of aromatic nitrogens is 1. The van der Waals surface area contributed by atoms with Crippen LogP contribution in [0.1, 0.15) is 43.6 Å². The number of carbonyl (C=O) groups is 1. The van der Waals surface area contributed by atoms with Gasteiger partial charge in [-0.05, 0) is 37.8 Å². The average Bonchev–Trinajstić information content (AvgIpc) is 2.84. The Labute approximate surface area is 109 Å². The zero-order valence-electron chi connectivity index (χ0n) is 11.4. The number of amides is 1. The van der Waals surface area contributed by atoms with Crippen LogP contribution in [0, 0.1) is 5.92 Å². The van der Waals surface area contributed by atoms with E-state index in [9.17, 15) is 4.79 Å². The Morgan fingerprint density at radius 1 is 1.44 bits per heavy atom. The molecule has 1 rings (SSSR count). The summed E-state index contributed by atoms with van der Waals surface area (Å²) in [5, 5.41) is 11.9. The maximum absolute atomic E-state index is 12.0. The van der Waals surface area contributed by atoms with Crippen molar-refractivity contribution in [2.45, 2.75) is 39.7 Å². The molecule has 1 unspecified atom stereocenters. The van der Waals surface area contributed by atoms with Crippen molar-refractivity contribution in [1.82, 2.24) is 9.88 Å². The first kappa shape index (κ1) is 14.8. The van der Waals surface area contributed by atoms with Gasteiger partial charge in [0.15, 0.2) is 0 Å². The molecule has 1 aromatic heterocycles. The van der Waals surface area contributed by atoms with Crippen molar-refractivity contribution in [3.63, 3.8) is 0 Å². The fraction of sp³-hybridized carbons (Fsp3) is 0.643. The van der Waals surface area contributed by atoms with E-state index in [4.69, 9.17) is 5.11 Å². The summed E-state index contributed by atoms with van der Waals surface area (Å²) in [7, 11) is 0. The molecule has 0 aliphatic heterocycles. The number of rotatable bonds is 8. The molecule has 0 aliphatic rings. The van der Waals surface area contributed by atoms with Gasteiger partial charge in [-0.3, -0.25) is 4.79 Å². The summed E-state index contributed by atoms with van der Waals surface area (Å²) in [6.45, 7) is 5.76. The minimum absolute atomic E-state index is 0.0270. The van der Waals surface area contributed by atoms with E-state index < -0.39 is 0 Å². The maximum atomic E-state index is 12.0. The smallest absolute Gasteiger partial charge is 0.267 e. The number of hydrogen-bond donors (Lipinski definition) is 2. The van der Waals surface area contributed by atoms with Crippen LogP contribution in [0.4, 0.5) is 0 Å². The number of aryl methyl sites for hydroxylation is 1. The van der Waals surface area contributed by atoms with Crippen LogP contribution in [-0.2, 0) is 6.54 Å². The Kier molecular flexibility index (Phi) is 6.50. The van der Waals surface area contributed by atoms with Crippen LogP contribution >= 0.6 is 0 Å². The molecule has 1 heterocycles. The second-order valence-corrected chi connectivity index (χ2v) is 4.56. The Bertz CT molecular complexity index is 354. The van der Waals surface area contributed by atoms with Crippen LogP contribution < -0.4 is 5.32 Å². The Balaban J connectivity index is 2.49. The fourth-order valence-electron chi connectivity index (χ4n) is 2.16. The molecule has 0 radical (unpaired) electrons. The summed E-state index contributed by atoms with van der Waals surface area (Å²) in [6.07, 6.45) is 4.77. The van der Waals surface area contributed by atoms with Crippen LogP contribution in [0.2, 0.25) is 0 Å². The van der Waals surface area contributed by atoms with Crippen molar-refractivity contribution < 1.29 is 9.90 Å². The van der Waals surface area contributed by atoms with E-state index >= 15 is 0 Å². The molecule has 102 valence electrons. The van der Waals surface area contributed by atoms with Crippen LogP contribution in [0.25, 0.3) is 0 Å². The second-order valence-electron chi connectivity index (χ2n) is 4.56. The van der Waals surface area contributed by atoms with Crippen molar-refractivity contribution >= 4 is 5.91 Å². The first-order valence-corrected chi connectivity index (χ1v) is 6.77. The first-order valence-electron chi connectivity index (χ1n) is 6.77. The normalized spacial score (nSPS) is 12.4. The lowest BCUT2D eigenvalue weighted by Gasteiger charge is -2.16. The molecule has 0 bridgehead atoms. The molecule has 1 atom stereocenters. The van der Waals surface area contributed by atoms with Crippen LogP contribution in [0.15, 0.2) is 18.3 Å². The number of nitrogens with one attached hydrogen (secondary N) is 1. The van der Waals surface area contributed by atoms with E-state index in [0.717, 1.165) is 25.8 Å². The molecular weight excluding hydrogens is 228 g/mol. The van der Waals surface area contributed by atoms with Crippen LogP contribution in [0.5, 0.6) is 0 Å². The number of nitrogens with zero attached hydrogens (tertiary/aromatic N) is 1. The van der Waals surface area contributed by atoms with Crippen molar-refractivity contribution in [3.05, 3.63) is 24.0 Å². The van der Waals surface area contributed by atoms with Gasteiger partial charge in [0.2, 0.25) is 0 Å². The molecule has 1 aromatic rings. The molecule has 0 fully saturated rings. The maximum Gasteiger partial charge on any atom is 0.267 e. The SMILES string of the molecule is CCCC(CCO)CNC(=O)c1cccn1CC. The zero-order valence-corrected chi connectivity index (χ0v) is 11.4. The van der Waals surface area contributed by atoms with E-state index in [2.05, 4.69) is 12.2 Å². The second kappa shape index (κ2) is 7.93. The van der Waals surface area contributed by atoms with Gasteiger partial charge in [-0.25, -0.2) is 0 Å². The highest BCUT2D eigenvalue weighted by atomic mass is 16.3. The lowest BCUT2D eigenvalue weighted by Crippen LogP contribution is -2.31. The van der Waals surface area contributed by atoms with Gasteiger partial charge >= 0.3 is 0 Å². The van der Waals surface area contributed by atoms with E-state index in [1.807, 2.05) is 29.8 Å². The van der Waals surface area contributed by atoms with E-state index in [0.29, 0.717) is 18.2 Å². The van der Waals surface area contributed by atoms with Crippen molar-refractivity contribution in [3.8, 4) is 0 Å². The highest BCUT2D eigenvalue weighted by Crippen LogP contribution is 2.10. The molecule has 0 aliphatic carbocycles. The Morgan fingerprint density at radius 2 is 2.22 bits per heavy atom. The third kappa shape index (κ3) is 4.18. The Morgan fingerprint density at radius 3 is 2.83 bits per heavy atom. The van der Waals surface area contributed by atoms with Gasteiger partial charge in [-0.1, -0.05) is 13.3 Å². The van der Waals surface area contributed by atoms with Gasteiger partial charge < -0.3 is 15.0 Å². The summed E-state index contributed by atoms with van der Waals surface area (Å²) in [5.41, 5.74) is 0.705. The van der Waals surface area contributed by atoms with Crippen molar-refractivity contribution in [2.75, 3.05) is 13.2 Å². The molecule has 4 nitrogen and oxygen atoms in total. The summed E-state index contributed by atoms with van der Waals surface area (Å²) in [6, 6.07) is 3.72. The van der Waals surface area contributed by atoms with E-state index in [1.54, 1.807) is 0 Å². The molecule has 18 heavy (non-hydrogen) atoms. The van der Waals surface area contributed by atoms with Crippen molar-refractivity contribution in [1.29, 1.82) is 0 Å². The molecule has 0 aromatic carbocycles. The minimum atomic E-state index is -0.0270. The minimum Gasteiger partial charge on any atom is -0.396 e. The zero-order chi connectivity index (χ0) is 13.4. The number of carbonyl (C=O) groups excluding carboxylic acids is 1. The van der Waals surface area contributed by atoms with E-state index in [1.165, 1.54) is 0 Å². The van der Waals surface area contributed by atoms with Gasteiger partial charge in [-0.15, -0.1) is 0 Å². The van der Waals surface area contributed by atoms with Crippen LogP contribution in [-0.4, -0.2) is 28.7 Å². The fourth-order valence-corrected chi connectivity index (χ4v) is 2.16. The Hall–Kier alpha value is -1.29. The third-order valence-corrected chi connectivity index (χ3v) is 3.19. The summed E-state index contributed by atoms with van der Waals surface area (Å²) in [5.74, 6) is 0.342. The van der Waals surface area contributed by atoms with Crippen LogP contribution in [0.3, 0.4) is 0 Å². The molecule has 2 N–H and O–H groups in total. The molecule has 4 heteroatoms. The van der Waals surface area contributed by atoms with Crippen molar-refractivity contribution in [2.24, 2.45) is 5.92 Å². The number of hydrogen-bond acceptors (Lipinski definition) is 2. The first-order chi connectivity index (χ1) is 8.72. The number of aliphatic hydroxyl groups is 1. The quantitative estimate of drug-likeness (QED) is 0.744. The molecule has 0 spiro atoms. The standard InChI is InChI=1S/C14H24N2O2/c1-3-6-12(8-10-17)11-15-14(18)13-7-5-9-16(13)4-2/h5,7,9,12,17H,3-4,6,8,10-11H2,1-2H3,(H,15,18). The molecule has 1 amide bonds. The third-order valence-electron chi connectivity index (χ3n) is 3.19. The monoisotopic (exact) mass is 252 g/mol. The number of aliphatic hydroxyl groups excluding tert-OH is 1. The average molecular weight is 252 g/mol. The predicted octanol–water partition coefficient (Wildman–Crippen LogP) is 2.04. The predicted molar refractivity (Wildman–Crippen MR) is 72.5 cm³/mol. The van der Waals surface area contributed by atoms with Gasteiger partial charge in [0.25, 0.3) is 5.91 Å².